The summed E-state index contributed by atoms with van der Waals surface area (Å²) in [5.74, 6) is 0.715. The molecule has 0 aromatic rings. The van der Waals surface area contributed by atoms with Crippen LogP contribution in [0.25, 0.3) is 0 Å². The summed E-state index contributed by atoms with van der Waals surface area (Å²) in [6, 6.07) is -0.00865. The van der Waals surface area contributed by atoms with E-state index in [1.54, 1.807) is 0 Å². The third-order valence-electron chi connectivity index (χ3n) is 3.09. The van der Waals surface area contributed by atoms with Crippen molar-refractivity contribution in [1.29, 1.82) is 0 Å². The highest BCUT2D eigenvalue weighted by Crippen LogP contribution is 2.23. The Morgan fingerprint density at radius 3 is 2.56 bits per heavy atom. The molecule has 1 aliphatic rings. The molecule has 0 aliphatic heterocycles. The Morgan fingerprint density at radius 1 is 1.25 bits per heavy atom. The first kappa shape index (κ1) is 13.3. The average molecular weight is 227 g/mol. The van der Waals surface area contributed by atoms with Gasteiger partial charge in [0.05, 0.1) is 0 Å². The van der Waals surface area contributed by atoms with Gasteiger partial charge in [-0.05, 0) is 45.8 Å². The number of hydrogen-bond donors (Lipinski definition) is 2. The molecule has 16 heavy (non-hydrogen) atoms. The van der Waals surface area contributed by atoms with Crippen molar-refractivity contribution in [2.75, 3.05) is 33.7 Å². The highest BCUT2D eigenvalue weighted by atomic mass is 16.2. The van der Waals surface area contributed by atoms with Crippen molar-refractivity contribution in [2.45, 2.75) is 32.1 Å². The lowest BCUT2D eigenvalue weighted by Crippen LogP contribution is -2.38. The van der Waals surface area contributed by atoms with Crippen molar-refractivity contribution in [1.82, 2.24) is 15.5 Å². The molecule has 0 aromatic heterocycles. The number of hydrogen-bond acceptors (Lipinski definition) is 2. The van der Waals surface area contributed by atoms with Crippen molar-refractivity contribution in [3.63, 3.8) is 0 Å². The summed E-state index contributed by atoms with van der Waals surface area (Å²) in [5.41, 5.74) is 0. The molecule has 4 heteroatoms. The van der Waals surface area contributed by atoms with Gasteiger partial charge in [0.15, 0.2) is 0 Å². The maximum atomic E-state index is 11.4. The predicted octanol–water partition coefficient (Wildman–Crippen LogP) is 1.43. The second kappa shape index (κ2) is 7.49. The summed E-state index contributed by atoms with van der Waals surface area (Å²) in [5, 5.41) is 5.83. The number of nitrogens with zero attached hydrogens (tertiary/aromatic N) is 1. The lowest BCUT2D eigenvalue weighted by molar-refractivity contribution is 0.238. The topological polar surface area (TPSA) is 44.4 Å². The first-order valence-electron chi connectivity index (χ1n) is 6.35. The van der Waals surface area contributed by atoms with Gasteiger partial charge in [0.1, 0.15) is 0 Å². The Balaban J connectivity index is 1.94. The Labute approximate surface area is 98.8 Å². The standard InChI is InChI=1S/C12H25N3O/c1-15(2)9-5-8-13-12(16)14-10-11-6-3-4-7-11/h11H,3-10H2,1-2H3,(H2,13,14,16). The van der Waals surface area contributed by atoms with Gasteiger partial charge in [-0.3, -0.25) is 0 Å². The molecule has 1 rings (SSSR count). The van der Waals surface area contributed by atoms with Gasteiger partial charge in [-0.1, -0.05) is 12.8 Å². The molecule has 94 valence electrons. The van der Waals surface area contributed by atoms with E-state index < -0.39 is 0 Å². The number of carbonyl (C=O) groups is 1. The summed E-state index contributed by atoms with van der Waals surface area (Å²) in [6.07, 6.45) is 6.22. The monoisotopic (exact) mass is 227 g/mol. The smallest absolute Gasteiger partial charge is 0.314 e. The molecule has 4 nitrogen and oxygen atoms in total. The minimum Gasteiger partial charge on any atom is -0.338 e. The van der Waals surface area contributed by atoms with Gasteiger partial charge in [0, 0.05) is 13.1 Å². The third-order valence-corrected chi connectivity index (χ3v) is 3.09. The second-order valence-electron chi connectivity index (χ2n) is 4.94. The first-order chi connectivity index (χ1) is 7.68. The van der Waals surface area contributed by atoms with E-state index in [9.17, 15) is 4.79 Å². The minimum atomic E-state index is -0.00865. The molecule has 1 aliphatic carbocycles. The van der Waals surface area contributed by atoms with Crippen molar-refractivity contribution >= 4 is 6.03 Å². The predicted molar refractivity (Wildman–Crippen MR) is 66.5 cm³/mol. The Kier molecular flexibility index (Phi) is 6.23. The second-order valence-corrected chi connectivity index (χ2v) is 4.94. The van der Waals surface area contributed by atoms with Crippen LogP contribution in [0.3, 0.4) is 0 Å². The number of urea groups is 1. The first-order valence-corrected chi connectivity index (χ1v) is 6.35. The van der Waals surface area contributed by atoms with Crippen LogP contribution in [0.1, 0.15) is 32.1 Å². The van der Waals surface area contributed by atoms with Crippen LogP contribution in [0.5, 0.6) is 0 Å². The zero-order valence-electron chi connectivity index (χ0n) is 10.6. The Bertz CT molecular complexity index is 200. The lowest BCUT2D eigenvalue weighted by Gasteiger charge is -2.12. The van der Waals surface area contributed by atoms with Crippen LogP contribution >= 0.6 is 0 Å². The van der Waals surface area contributed by atoms with Gasteiger partial charge < -0.3 is 15.5 Å². The Hall–Kier alpha value is -0.770. The van der Waals surface area contributed by atoms with E-state index in [4.69, 9.17) is 0 Å². The molecule has 2 amide bonds. The molecule has 0 heterocycles. The summed E-state index contributed by atoms with van der Waals surface area (Å²) in [6.45, 7) is 2.62. The van der Waals surface area contributed by atoms with E-state index in [1.165, 1.54) is 25.7 Å². The molecule has 0 unspecified atom stereocenters. The number of nitrogens with one attached hydrogen (secondary N) is 2. The summed E-state index contributed by atoms with van der Waals surface area (Å²) in [7, 11) is 4.08. The molecule has 1 saturated carbocycles. The maximum absolute atomic E-state index is 11.4. The molecule has 0 radical (unpaired) electrons. The zero-order valence-corrected chi connectivity index (χ0v) is 10.6. The molecule has 1 fully saturated rings. The van der Waals surface area contributed by atoms with Crippen LogP contribution in [0, 0.1) is 5.92 Å². The van der Waals surface area contributed by atoms with E-state index in [-0.39, 0.29) is 6.03 Å². The fourth-order valence-corrected chi connectivity index (χ4v) is 2.11. The molecule has 0 aromatic carbocycles. The maximum Gasteiger partial charge on any atom is 0.314 e. The van der Waals surface area contributed by atoms with Gasteiger partial charge in [0.2, 0.25) is 0 Å². The van der Waals surface area contributed by atoms with Gasteiger partial charge in [-0.25, -0.2) is 4.79 Å². The summed E-state index contributed by atoms with van der Waals surface area (Å²) in [4.78, 5) is 13.5. The van der Waals surface area contributed by atoms with E-state index in [0.29, 0.717) is 5.92 Å². The number of amides is 2. The van der Waals surface area contributed by atoms with Crippen LogP contribution < -0.4 is 10.6 Å². The molecule has 0 saturated heterocycles. The quantitative estimate of drug-likeness (QED) is 0.674. The minimum absolute atomic E-state index is 0.00865. The van der Waals surface area contributed by atoms with Gasteiger partial charge >= 0.3 is 6.03 Å². The summed E-state index contributed by atoms with van der Waals surface area (Å²) < 4.78 is 0. The van der Waals surface area contributed by atoms with Crippen LogP contribution in [0.15, 0.2) is 0 Å². The third kappa shape index (κ3) is 5.95. The van der Waals surface area contributed by atoms with Gasteiger partial charge in [-0.15, -0.1) is 0 Å². The van der Waals surface area contributed by atoms with Crippen LogP contribution in [0.4, 0.5) is 4.79 Å². The van der Waals surface area contributed by atoms with E-state index in [2.05, 4.69) is 15.5 Å². The van der Waals surface area contributed by atoms with Crippen LogP contribution in [0.2, 0.25) is 0 Å². The molecule has 0 atom stereocenters. The van der Waals surface area contributed by atoms with E-state index in [0.717, 1.165) is 26.1 Å². The van der Waals surface area contributed by atoms with Crippen molar-refractivity contribution in [3.05, 3.63) is 0 Å². The molecular weight excluding hydrogens is 202 g/mol. The van der Waals surface area contributed by atoms with Crippen molar-refractivity contribution in [3.8, 4) is 0 Å². The highest BCUT2D eigenvalue weighted by molar-refractivity contribution is 5.73. The molecular formula is C12H25N3O. The molecule has 2 N–H and O–H groups in total. The SMILES string of the molecule is CN(C)CCCNC(=O)NCC1CCCC1. The van der Waals surface area contributed by atoms with E-state index >= 15 is 0 Å². The average Bonchev–Trinajstić information content (AvgIpc) is 2.74. The van der Waals surface area contributed by atoms with Crippen molar-refractivity contribution in [2.24, 2.45) is 5.92 Å². The highest BCUT2D eigenvalue weighted by Gasteiger charge is 2.15. The van der Waals surface area contributed by atoms with E-state index in [1.807, 2.05) is 14.1 Å². The number of carbonyl (C=O) groups excluding carboxylic acids is 1. The molecule has 0 spiro atoms. The summed E-state index contributed by atoms with van der Waals surface area (Å²) >= 11 is 0. The normalized spacial score (nSPS) is 16.7. The largest absolute Gasteiger partial charge is 0.338 e. The van der Waals surface area contributed by atoms with Crippen LogP contribution in [-0.2, 0) is 0 Å². The number of rotatable bonds is 6. The Morgan fingerprint density at radius 2 is 1.94 bits per heavy atom. The van der Waals surface area contributed by atoms with Crippen molar-refractivity contribution < 1.29 is 4.79 Å². The fourth-order valence-electron chi connectivity index (χ4n) is 2.11. The van der Waals surface area contributed by atoms with Gasteiger partial charge in [0.25, 0.3) is 0 Å². The fraction of sp³-hybridized carbons (Fsp3) is 0.917. The van der Waals surface area contributed by atoms with Crippen LogP contribution in [-0.4, -0.2) is 44.7 Å². The lowest BCUT2D eigenvalue weighted by atomic mass is 10.1. The molecule has 0 bridgehead atoms. The van der Waals surface area contributed by atoms with Gasteiger partial charge in [-0.2, -0.15) is 0 Å². The zero-order chi connectivity index (χ0) is 11.8.